The Morgan fingerprint density at radius 3 is 2.47 bits per heavy atom. The molecule has 1 amide bonds. The van der Waals surface area contributed by atoms with Crippen molar-refractivity contribution in [3.63, 3.8) is 0 Å². The Labute approximate surface area is 115 Å². The molecule has 3 nitrogen and oxygen atoms in total. The Morgan fingerprint density at radius 2 is 1.89 bits per heavy atom. The number of hydrogen-bond acceptors (Lipinski definition) is 2. The summed E-state index contributed by atoms with van der Waals surface area (Å²) >= 11 is 0. The third-order valence-electron chi connectivity index (χ3n) is 4.59. The zero-order valence-electron chi connectivity index (χ0n) is 11.8. The lowest BCUT2D eigenvalue weighted by Crippen LogP contribution is -2.43. The molecular formula is C16H22N2O. The molecule has 1 aliphatic heterocycles. The van der Waals surface area contributed by atoms with Crippen LogP contribution in [0.2, 0.25) is 0 Å². The summed E-state index contributed by atoms with van der Waals surface area (Å²) in [6, 6.07) is 8.51. The Balaban J connectivity index is 1.93. The third kappa shape index (κ3) is 1.96. The number of benzene rings is 1. The summed E-state index contributed by atoms with van der Waals surface area (Å²) in [5, 5.41) is 3.63. The van der Waals surface area contributed by atoms with Crippen molar-refractivity contribution in [2.24, 2.45) is 0 Å². The number of amides is 1. The van der Waals surface area contributed by atoms with Crippen molar-refractivity contribution in [2.75, 3.05) is 6.54 Å². The van der Waals surface area contributed by atoms with E-state index in [-0.39, 0.29) is 11.7 Å². The monoisotopic (exact) mass is 258 g/mol. The Bertz CT molecular complexity index is 474. The fourth-order valence-corrected chi connectivity index (χ4v) is 3.47. The number of carbonyl (C=O) groups excluding carboxylic acids is 1. The number of rotatable bonds is 2. The first-order valence-electron chi connectivity index (χ1n) is 7.32. The average Bonchev–Trinajstić information content (AvgIpc) is 2.99. The van der Waals surface area contributed by atoms with Gasteiger partial charge in [0.2, 0.25) is 5.91 Å². The van der Waals surface area contributed by atoms with Crippen molar-refractivity contribution in [3.05, 3.63) is 35.4 Å². The van der Waals surface area contributed by atoms with E-state index >= 15 is 0 Å². The first-order valence-corrected chi connectivity index (χ1v) is 7.32. The number of nitrogens with zero attached hydrogens (tertiary/aromatic N) is 1. The van der Waals surface area contributed by atoms with Crippen molar-refractivity contribution < 1.29 is 4.79 Å². The van der Waals surface area contributed by atoms with E-state index in [2.05, 4.69) is 43.4 Å². The smallest absolute Gasteiger partial charge is 0.244 e. The van der Waals surface area contributed by atoms with Gasteiger partial charge in [-0.25, -0.2) is 0 Å². The molecule has 1 aromatic rings. The lowest BCUT2D eigenvalue weighted by Gasteiger charge is -2.22. The Hall–Kier alpha value is -1.35. The van der Waals surface area contributed by atoms with E-state index in [9.17, 15) is 4.79 Å². The summed E-state index contributed by atoms with van der Waals surface area (Å²) in [5.41, 5.74) is 2.18. The molecule has 1 aliphatic carbocycles. The van der Waals surface area contributed by atoms with E-state index in [0.29, 0.717) is 5.91 Å². The van der Waals surface area contributed by atoms with Gasteiger partial charge in [-0.05, 0) is 32.3 Å². The third-order valence-corrected chi connectivity index (χ3v) is 4.59. The lowest BCUT2D eigenvalue weighted by molar-refractivity contribution is -0.133. The van der Waals surface area contributed by atoms with Crippen LogP contribution in [-0.2, 0) is 4.79 Å². The molecule has 1 spiro atoms. The van der Waals surface area contributed by atoms with Crippen LogP contribution < -0.4 is 5.32 Å². The standard InChI is InChI=1S/C16H22N2O/c1-3-18-14(13-8-6-12(2)7-9-13)17-16(15(18)19)10-4-5-11-16/h6-9,14,17H,3-5,10-11H2,1-2H3. The highest BCUT2D eigenvalue weighted by Crippen LogP contribution is 2.40. The number of carbonyl (C=O) groups is 1. The van der Waals surface area contributed by atoms with Crippen molar-refractivity contribution >= 4 is 5.91 Å². The maximum absolute atomic E-state index is 12.7. The number of aryl methyl sites for hydroxylation is 1. The van der Waals surface area contributed by atoms with E-state index in [4.69, 9.17) is 0 Å². The van der Waals surface area contributed by atoms with E-state index in [1.807, 2.05) is 4.90 Å². The maximum atomic E-state index is 12.7. The van der Waals surface area contributed by atoms with Crippen LogP contribution in [0.25, 0.3) is 0 Å². The van der Waals surface area contributed by atoms with Crippen LogP contribution in [0.15, 0.2) is 24.3 Å². The van der Waals surface area contributed by atoms with Crippen LogP contribution in [0.4, 0.5) is 0 Å². The van der Waals surface area contributed by atoms with Gasteiger partial charge in [0, 0.05) is 6.54 Å². The molecule has 19 heavy (non-hydrogen) atoms. The second-order valence-corrected chi connectivity index (χ2v) is 5.84. The number of nitrogens with one attached hydrogen (secondary N) is 1. The molecule has 1 aromatic carbocycles. The quantitative estimate of drug-likeness (QED) is 0.884. The normalized spacial score (nSPS) is 25.5. The zero-order chi connectivity index (χ0) is 13.5. The predicted octanol–water partition coefficient (Wildman–Crippen LogP) is 2.76. The summed E-state index contributed by atoms with van der Waals surface area (Å²) in [7, 11) is 0. The molecule has 1 heterocycles. The highest BCUT2D eigenvalue weighted by molar-refractivity contribution is 5.89. The summed E-state index contributed by atoms with van der Waals surface area (Å²) in [6.45, 7) is 4.92. The molecule has 2 fully saturated rings. The van der Waals surface area contributed by atoms with Crippen molar-refractivity contribution in [3.8, 4) is 0 Å². The zero-order valence-corrected chi connectivity index (χ0v) is 11.8. The van der Waals surface area contributed by atoms with Crippen LogP contribution in [0, 0.1) is 6.92 Å². The summed E-state index contributed by atoms with van der Waals surface area (Å²) < 4.78 is 0. The summed E-state index contributed by atoms with van der Waals surface area (Å²) in [5.74, 6) is 0.304. The Kier molecular flexibility index (Phi) is 3.09. The first kappa shape index (κ1) is 12.7. The Morgan fingerprint density at radius 1 is 1.26 bits per heavy atom. The molecule has 1 N–H and O–H groups in total. The fourth-order valence-electron chi connectivity index (χ4n) is 3.47. The van der Waals surface area contributed by atoms with Crippen LogP contribution >= 0.6 is 0 Å². The van der Waals surface area contributed by atoms with Gasteiger partial charge in [-0.1, -0.05) is 42.7 Å². The maximum Gasteiger partial charge on any atom is 0.244 e. The molecular weight excluding hydrogens is 236 g/mol. The van der Waals surface area contributed by atoms with Gasteiger partial charge in [-0.2, -0.15) is 0 Å². The van der Waals surface area contributed by atoms with E-state index in [1.54, 1.807) is 0 Å². The van der Waals surface area contributed by atoms with E-state index in [0.717, 1.165) is 32.2 Å². The minimum atomic E-state index is -0.272. The fraction of sp³-hybridized carbons (Fsp3) is 0.562. The molecule has 0 aromatic heterocycles. The highest BCUT2D eigenvalue weighted by atomic mass is 16.2. The van der Waals surface area contributed by atoms with Gasteiger partial charge in [0.05, 0.1) is 5.54 Å². The van der Waals surface area contributed by atoms with Crippen molar-refractivity contribution in [2.45, 2.75) is 51.2 Å². The predicted molar refractivity (Wildman–Crippen MR) is 75.6 cm³/mol. The number of hydrogen-bond donors (Lipinski definition) is 1. The van der Waals surface area contributed by atoms with Crippen LogP contribution in [0.3, 0.4) is 0 Å². The molecule has 1 atom stereocenters. The van der Waals surface area contributed by atoms with Gasteiger partial charge < -0.3 is 4.90 Å². The second kappa shape index (κ2) is 4.64. The minimum absolute atomic E-state index is 0.0520. The minimum Gasteiger partial charge on any atom is -0.322 e. The van der Waals surface area contributed by atoms with Gasteiger partial charge in [0.1, 0.15) is 6.17 Å². The largest absolute Gasteiger partial charge is 0.322 e. The van der Waals surface area contributed by atoms with E-state index in [1.165, 1.54) is 11.1 Å². The second-order valence-electron chi connectivity index (χ2n) is 5.84. The van der Waals surface area contributed by atoms with Crippen molar-refractivity contribution in [1.29, 1.82) is 0 Å². The van der Waals surface area contributed by atoms with Crippen molar-refractivity contribution in [1.82, 2.24) is 10.2 Å². The molecule has 3 rings (SSSR count). The van der Waals surface area contributed by atoms with Gasteiger partial charge >= 0.3 is 0 Å². The molecule has 102 valence electrons. The topological polar surface area (TPSA) is 32.3 Å². The van der Waals surface area contributed by atoms with E-state index < -0.39 is 0 Å². The number of likely N-dealkylation sites (N-methyl/N-ethyl adjacent to an activating group) is 1. The lowest BCUT2D eigenvalue weighted by atomic mass is 9.98. The van der Waals surface area contributed by atoms with Crippen LogP contribution in [0.5, 0.6) is 0 Å². The van der Waals surface area contributed by atoms with Crippen LogP contribution in [-0.4, -0.2) is 22.9 Å². The highest BCUT2D eigenvalue weighted by Gasteiger charge is 2.51. The van der Waals surface area contributed by atoms with Crippen LogP contribution in [0.1, 0.15) is 49.9 Å². The average molecular weight is 258 g/mol. The molecule has 1 unspecified atom stereocenters. The van der Waals surface area contributed by atoms with Gasteiger partial charge in [0.15, 0.2) is 0 Å². The van der Waals surface area contributed by atoms with Gasteiger partial charge in [0.25, 0.3) is 0 Å². The first-order chi connectivity index (χ1) is 9.16. The SMILES string of the molecule is CCN1C(=O)C2(CCCC2)NC1c1ccc(C)cc1. The molecule has 3 heteroatoms. The van der Waals surface area contributed by atoms with Gasteiger partial charge in [-0.15, -0.1) is 0 Å². The molecule has 0 radical (unpaired) electrons. The summed E-state index contributed by atoms with van der Waals surface area (Å²) in [4.78, 5) is 14.7. The molecule has 2 aliphatic rings. The molecule has 0 bridgehead atoms. The molecule has 1 saturated carbocycles. The molecule has 1 saturated heterocycles. The summed E-state index contributed by atoms with van der Waals surface area (Å²) in [6.07, 6.45) is 4.36. The van der Waals surface area contributed by atoms with Gasteiger partial charge in [-0.3, -0.25) is 10.1 Å².